The molecule has 0 radical (unpaired) electrons. The Hall–Kier alpha value is -1.02. The molecule has 0 aromatic heterocycles. The number of hydrogen-bond acceptors (Lipinski definition) is 2. The summed E-state index contributed by atoms with van der Waals surface area (Å²) in [5.41, 5.74) is 0.511. The second-order valence-electron chi connectivity index (χ2n) is 5.95. The van der Waals surface area contributed by atoms with Gasteiger partial charge in [-0.25, -0.2) is 0 Å². The van der Waals surface area contributed by atoms with E-state index >= 15 is 0 Å². The maximum absolute atomic E-state index is 9.03. The standard InChI is InChI=1S/C13H18N2/c1-12(2)10-4-5-13(12,3)11(6-10)9(7-14)8-15/h9-11H,4-6H2,1-3H3/t10-,11-,13+/m0/s1. The molecule has 2 saturated carbocycles. The molecule has 0 amide bonds. The molecule has 3 atom stereocenters. The monoisotopic (exact) mass is 202 g/mol. The van der Waals surface area contributed by atoms with E-state index < -0.39 is 5.92 Å². The van der Waals surface area contributed by atoms with E-state index in [1.165, 1.54) is 12.8 Å². The van der Waals surface area contributed by atoms with Gasteiger partial charge in [-0.1, -0.05) is 20.8 Å². The van der Waals surface area contributed by atoms with E-state index in [4.69, 9.17) is 10.5 Å². The van der Waals surface area contributed by atoms with Crippen molar-refractivity contribution in [2.45, 2.75) is 40.0 Å². The van der Waals surface area contributed by atoms with Gasteiger partial charge in [0, 0.05) is 0 Å². The van der Waals surface area contributed by atoms with Crippen LogP contribution in [-0.2, 0) is 0 Å². The lowest BCUT2D eigenvalue weighted by atomic mass is 9.64. The molecule has 2 rings (SSSR count). The Bertz CT molecular complexity index is 344. The predicted octanol–water partition coefficient (Wildman–Crippen LogP) is 3.11. The molecule has 0 aromatic rings. The van der Waals surface area contributed by atoms with Crippen molar-refractivity contribution in [3.8, 4) is 12.1 Å². The van der Waals surface area contributed by atoms with Crippen molar-refractivity contribution in [3.63, 3.8) is 0 Å². The average molecular weight is 202 g/mol. The third-order valence-electron chi connectivity index (χ3n) is 5.54. The molecule has 0 aliphatic heterocycles. The zero-order valence-corrected chi connectivity index (χ0v) is 9.75. The molecular weight excluding hydrogens is 184 g/mol. The van der Waals surface area contributed by atoms with Gasteiger partial charge in [0.2, 0.25) is 0 Å². The summed E-state index contributed by atoms with van der Waals surface area (Å²) < 4.78 is 0. The normalized spacial score (nSPS) is 41.5. The first kappa shape index (κ1) is 10.5. The van der Waals surface area contributed by atoms with Gasteiger partial charge in [0.1, 0.15) is 5.92 Å². The summed E-state index contributed by atoms with van der Waals surface area (Å²) in [6, 6.07) is 4.36. The molecule has 0 aromatic carbocycles. The van der Waals surface area contributed by atoms with Crippen LogP contribution in [0.4, 0.5) is 0 Å². The van der Waals surface area contributed by atoms with Crippen LogP contribution in [0, 0.1) is 51.2 Å². The van der Waals surface area contributed by atoms with Crippen LogP contribution in [0.25, 0.3) is 0 Å². The van der Waals surface area contributed by atoms with Crippen molar-refractivity contribution in [2.75, 3.05) is 0 Å². The Morgan fingerprint density at radius 1 is 1.20 bits per heavy atom. The highest BCUT2D eigenvalue weighted by Crippen LogP contribution is 2.69. The van der Waals surface area contributed by atoms with Gasteiger partial charge in [-0.3, -0.25) is 0 Å². The molecule has 0 saturated heterocycles. The van der Waals surface area contributed by atoms with Crippen molar-refractivity contribution in [1.29, 1.82) is 10.5 Å². The van der Waals surface area contributed by atoms with Crippen molar-refractivity contribution >= 4 is 0 Å². The summed E-state index contributed by atoms with van der Waals surface area (Å²) in [5, 5.41) is 18.1. The van der Waals surface area contributed by atoms with E-state index in [1.54, 1.807) is 0 Å². The summed E-state index contributed by atoms with van der Waals surface area (Å²) >= 11 is 0. The molecule has 0 heterocycles. The number of hydrogen-bond donors (Lipinski definition) is 0. The molecule has 2 fully saturated rings. The topological polar surface area (TPSA) is 47.6 Å². The fraction of sp³-hybridized carbons (Fsp3) is 0.846. The number of rotatable bonds is 1. The molecule has 80 valence electrons. The highest BCUT2D eigenvalue weighted by Gasteiger charge is 2.62. The second-order valence-corrected chi connectivity index (χ2v) is 5.95. The van der Waals surface area contributed by atoms with E-state index in [0.29, 0.717) is 11.3 Å². The average Bonchev–Trinajstić information content (AvgIpc) is 2.52. The highest BCUT2D eigenvalue weighted by atomic mass is 14.7. The van der Waals surface area contributed by atoms with Crippen molar-refractivity contribution in [2.24, 2.45) is 28.6 Å². The van der Waals surface area contributed by atoms with Crippen LogP contribution in [-0.4, -0.2) is 0 Å². The van der Waals surface area contributed by atoms with Crippen molar-refractivity contribution in [3.05, 3.63) is 0 Å². The molecule has 0 spiro atoms. The summed E-state index contributed by atoms with van der Waals surface area (Å²) in [4.78, 5) is 0. The van der Waals surface area contributed by atoms with Crippen molar-refractivity contribution in [1.82, 2.24) is 0 Å². The van der Waals surface area contributed by atoms with Crippen LogP contribution < -0.4 is 0 Å². The van der Waals surface area contributed by atoms with Gasteiger partial charge >= 0.3 is 0 Å². The Kier molecular flexibility index (Phi) is 2.09. The lowest BCUT2D eigenvalue weighted by molar-refractivity contribution is 0.0921. The molecule has 0 N–H and O–H groups in total. The minimum atomic E-state index is -0.403. The van der Waals surface area contributed by atoms with E-state index in [1.807, 2.05) is 0 Å². The first-order valence-corrected chi connectivity index (χ1v) is 5.76. The third kappa shape index (κ3) is 1.08. The van der Waals surface area contributed by atoms with Gasteiger partial charge in [-0.15, -0.1) is 0 Å². The summed E-state index contributed by atoms with van der Waals surface area (Å²) in [6.45, 7) is 6.92. The SMILES string of the molecule is CC1(C)[C@H]2CC[C@]1(C)[C@H](C(C#N)C#N)C2. The molecule has 2 aliphatic rings. The largest absolute Gasteiger partial charge is 0.197 e. The molecular formula is C13H18N2. The van der Waals surface area contributed by atoms with E-state index in [-0.39, 0.29) is 5.41 Å². The number of nitriles is 2. The van der Waals surface area contributed by atoms with Gasteiger partial charge in [-0.05, 0) is 41.9 Å². The fourth-order valence-electron chi connectivity index (χ4n) is 3.98. The van der Waals surface area contributed by atoms with Crippen LogP contribution in [0.15, 0.2) is 0 Å². The maximum Gasteiger partial charge on any atom is 0.136 e. The van der Waals surface area contributed by atoms with E-state index in [0.717, 1.165) is 12.3 Å². The van der Waals surface area contributed by atoms with Crippen LogP contribution in [0.1, 0.15) is 40.0 Å². The smallest absolute Gasteiger partial charge is 0.136 e. The Morgan fingerprint density at radius 2 is 1.80 bits per heavy atom. The first-order valence-electron chi connectivity index (χ1n) is 5.76. The van der Waals surface area contributed by atoms with Crippen LogP contribution in [0.2, 0.25) is 0 Å². The zero-order valence-electron chi connectivity index (χ0n) is 9.75. The summed E-state index contributed by atoms with van der Waals surface area (Å²) in [6.07, 6.45) is 3.55. The molecule has 15 heavy (non-hydrogen) atoms. The lowest BCUT2D eigenvalue weighted by Crippen LogP contribution is -2.35. The highest BCUT2D eigenvalue weighted by molar-refractivity contribution is 5.17. The van der Waals surface area contributed by atoms with Gasteiger partial charge in [0.05, 0.1) is 12.1 Å². The first-order chi connectivity index (χ1) is 6.97. The quantitative estimate of drug-likeness (QED) is 0.656. The minimum Gasteiger partial charge on any atom is -0.197 e. The van der Waals surface area contributed by atoms with Gasteiger partial charge in [0.25, 0.3) is 0 Å². The number of fused-ring (bicyclic) bond motifs is 2. The maximum atomic E-state index is 9.03. The van der Waals surface area contributed by atoms with Gasteiger partial charge in [0.15, 0.2) is 0 Å². The summed E-state index contributed by atoms with van der Waals surface area (Å²) in [7, 11) is 0. The van der Waals surface area contributed by atoms with Crippen LogP contribution >= 0.6 is 0 Å². The Morgan fingerprint density at radius 3 is 2.13 bits per heavy atom. The third-order valence-corrected chi connectivity index (χ3v) is 5.54. The van der Waals surface area contributed by atoms with E-state index in [9.17, 15) is 0 Å². The van der Waals surface area contributed by atoms with Crippen LogP contribution in [0.5, 0.6) is 0 Å². The fourth-order valence-corrected chi connectivity index (χ4v) is 3.98. The van der Waals surface area contributed by atoms with Crippen LogP contribution in [0.3, 0.4) is 0 Å². The number of nitrogens with zero attached hydrogens (tertiary/aromatic N) is 2. The van der Waals surface area contributed by atoms with Crippen molar-refractivity contribution < 1.29 is 0 Å². The van der Waals surface area contributed by atoms with Gasteiger partial charge < -0.3 is 0 Å². The minimum absolute atomic E-state index is 0.202. The molecule has 2 nitrogen and oxygen atoms in total. The molecule has 2 heteroatoms. The molecule has 2 aliphatic carbocycles. The van der Waals surface area contributed by atoms with Gasteiger partial charge in [-0.2, -0.15) is 10.5 Å². The second kappa shape index (κ2) is 2.99. The Balaban J connectivity index is 2.35. The zero-order chi connectivity index (χ0) is 11.3. The lowest BCUT2D eigenvalue weighted by Gasteiger charge is -2.39. The molecule has 0 unspecified atom stereocenters. The Labute approximate surface area is 91.9 Å². The molecule has 2 bridgehead atoms. The van der Waals surface area contributed by atoms with E-state index in [2.05, 4.69) is 32.9 Å². The summed E-state index contributed by atoms with van der Waals surface area (Å²) in [5.74, 6) is 0.609. The predicted molar refractivity (Wildman–Crippen MR) is 57.4 cm³/mol.